The molecule has 0 saturated heterocycles. The molecule has 1 heterocycles. The fraction of sp³-hybridized carbons (Fsp3) is 0.400. The summed E-state index contributed by atoms with van der Waals surface area (Å²) in [5, 5.41) is 0. The molecule has 0 amide bonds. The minimum absolute atomic E-state index is 0.0220. The molecule has 1 aromatic rings. The third-order valence-electron chi connectivity index (χ3n) is 1.85. The van der Waals surface area contributed by atoms with Crippen molar-refractivity contribution in [3.8, 4) is 5.88 Å². The minimum Gasteiger partial charge on any atom is -0.462 e. The molecule has 19 heavy (non-hydrogen) atoms. The monoisotopic (exact) mass is 409 g/mol. The van der Waals surface area contributed by atoms with Crippen molar-refractivity contribution in [1.82, 2.24) is 4.98 Å². The van der Waals surface area contributed by atoms with Crippen LogP contribution in [-0.4, -0.2) is 23.9 Å². The number of nitrogens with zero attached hydrogens (tertiary/aromatic N) is 1. The van der Waals surface area contributed by atoms with Crippen molar-refractivity contribution in [3.05, 3.63) is 20.9 Å². The molecule has 0 aromatic carbocycles. The van der Waals surface area contributed by atoms with Crippen molar-refractivity contribution < 1.29 is 27.4 Å². The number of halogens is 5. The van der Waals surface area contributed by atoms with E-state index in [2.05, 4.69) is 9.72 Å². The molecule has 0 N–H and O–H groups in total. The van der Waals surface area contributed by atoms with Gasteiger partial charge in [-0.3, -0.25) is 0 Å². The number of esters is 1. The zero-order chi connectivity index (χ0) is 14.6. The smallest absolute Gasteiger partial charge is 0.462 e. The third-order valence-corrected chi connectivity index (χ3v) is 2.95. The van der Waals surface area contributed by atoms with Gasteiger partial charge in [0.2, 0.25) is 5.88 Å². The Kier molecular flexibility index (Phi) is 5.65. The number of aromatic nitrogens is 1. The third kappa shape index (κ3) is 4.68. The molecule has 9 heteroatoms. The minimum atomic E-state index is -4.86. The maximum absolute atomic E-state index is 12.1. The van der Waals surface area contributed by atoms with E-state index in [1.807, 2.05) is 0 Å². The van der Waals surface area contributed by atoms with Gasteiger partial charge in [-0.1, -0.05) is 0 Å². The molecule has 4 nitrogen and oxygen atoms in total. The number of alkyl halides is 4. The summed E-state index contributed by atoms with van der Waals surface area (Å²) in [5.74, 6) is -1.59. The van der Waals surface area contributed by atoms with Gasteiger partial charge in [0.1, 0.15) is 0 Å². The first kappa shape index (κ1) is 16.3. The van der Waals surface area contributed by atoms with Gasteiger partial charge in [0.05, 0.1) is 23.7 Å². The molecule has 106 valence electrons. The molecule has 0 aliphatic rings. The number of pyridine rings is 1. The number of hydrogen-bond acceptors (Lipinski definition) is 4. The van der Waals surface area contributed by atoms with Gasteiger partial charge >= 0.3 is 12.3 Å². The Morgan fingerprint density at radius 3 is 2.63 bits per heavy atom. The standard InChI is InChI=1S/C10H8ClF3INO3/c1-2-18-9(17)8-5(15)3-7(16-6(8)4-11)19-10(12,13)14/h3H,2,4H2,1H3. The second kappa shape index (κ2) is 6.60. The Bertz CT molecular complexity index is 482. The van der Waals surface area contributed by atoms with Crippen molar-refractivity contribution >= 4 is 40.2 Å². The van der Waals surface area contributed by atoms with Crippen molar-refractivity contribution in [2.75, 3.05) is 6.61 Å². The predicted molar refractivity (Wildman–Crippen MR) is 69.2 cm³/mol. The van der Waals surface area contributed by atoms with E-state index in [0.29, 0.717) is 0 Å². The Morgan fingerprint density at radius 1 is 1.53 bits per heavy atom. The van der Waals surface area contributed by atoms with E-state index >= 15 is 0 Å². The van der Waals surface area contributed by atoms with E-state index < -0.39 is 18.2 Å². The predicted octanol–water partition coefficient (Wildman–Crippen LogP) is 3.50. The zero-order valence-electron chi connectivity index (χ0n) is 9.55. The lowest BCUT2D eigenvalue weighted by Gasteiger charge is -2.12. The lowest BCUT2D eigenvalue weighted by atomic mass is 10.2. The summed E-state index contributed by atoms with van der Waals surface area (Å²) in [5.41, 5.74) is 0.0261. The molecule has 0 aliphatic heterocycles. The molecular formula is C10H8ClF3INO3. The van der Waals surface area contributed by atoms with Crippen LogP contribution in [0.1, 0.15) is 23.0 Å². The lowest BCUT2D eigenvalue weighted by molar-refractivity contribution is -0.276. The van der Waals surface area contributed by atoms with Gasteiger partial charge in [0.25, 0.3) is 0 Å². The van der Waals surface area contributed by atoms with Crippen LogP contribution >= 0.6 is 34.2 Å². The fourth-order valence-corrected chi connectivity index (χ4v) is 2.22. The lowest BCUT2D eigenvalue weighted by Crippen LogP contribution is -2.19. The molecular weight excluding hydrogens is 401 g/mol. The first-order valence-electron chi connectivity index (χ1n) is 4.96. The van der Waals surface area contributed by atoms with Crippen molar-refractivity contribution in [1.29, 1.82) is 0 Å². The summed E-state index contributed by atoms with van der Waals surface area (Å²) >= 11 is 7.28. The molecule has 0 aliphatic carbocycles. The van der Waals surface area contributed by atoms with Gasteiger partial charge in [0, 0.05) is 9.64 Å². The van der Waals surface area contributed by atoms with Crippen LogP contribution in [0.25, 0.3) is 0 Å². The van der Waals surface area contributed by atoms with Crippen LogP contribution < -0.4 is 4.74 Å². The van der Waals surface area contributed by atoms with Gasteiger partial charge < -0.3 is 9.47 Å². The van der Waals surface area contributed by atoms with Crippen LogP contribution in [0.5, 0.6) is 5.88 Å². The SMILES string of the molecule is CCOC(=O)c1c(I)cc(OC(F)(F)F)nc1CCl. The van der Waals surface area contributed by atoms with Crippen LogP contribution in [0.4, 0.5) is 13.2 Å². The fourth-order valence-electron chi connectivity index (χ4n) is 1.23. The number of ether oxygens (including phenoxy) is 2. The van der Waals surface area contributed by atoms with Gasteiger partial charge in [-0.15, -0.1) is 24.8 Å². The highest BCUT2D eigenvalue weighted by molar-refractivity contribution is 14.1. The zero-order valence-corrected chi connectivity index (χ0v) is 12.5. The topological polar surface area (TPSA) is 48.4 Å². The second-order valence-electron chi connectivity index (χ2n) is 3.17. The van der Waals surface area contributed by atoms with E-state index in [1.165, 1.54) is 0 Å². The van der Waals surface area contributed by atoms with E-state index in [4.69, 9.17) is 16.3 Å². The maximum Gasteiger partial charge on any atom is 0.574 e. The van der Waals surface area contributed by atoms with Crippen molar-refractivity contribution in [2.45, 2.75) is 19.2 Å². The Balaban J connectivity index is 3.18. The molecule has 0 fully saturated rings. The van der Waals surface area contributed by atoms with Crippen LogP contribution in [0.2, 0.25) is 0 Å². The van der Waals surface area contributed by atoms with Crippen molar-refractivity contribution in [2.24, 2.45) is 0 Å². The van der Waals surface area contributed by atoms with Gasteiger partial charge in [-0.2, -0.15) is 0 Å². The average molecular weight is 410 g/mol. The first-order valence-corrected chi connectivity index (χ1v) is 6.58. The van der Waals surface area contributed by atoms with E-state index in [9.17, 15) is 18.0 Å². The number of hydrogen-bond donors (Lipinski definition) is 0. The number of rotatable bonds is 4. The first-order chi connectivity index (χ1) is 8.78. The van der Waals surface area contributed by atoms with Crippen LogP contribution in [-0.2, 0) is 10.6 Å². The highest BCUT2D eigenvalue weighted by atomic mass is 127. The molecule has 0 spiro atoms. The normalized spacial score (nSPS) is 11.3. The molecule has 1 rings (SSSR count). The maximum atomic E-state index is 12.1. The Labute approximate surface area is 125 Å². The molecule has 1 aromatic heterocycles. The van der Waals surface area contributed by atoms with Crippen LogP contribution in [0.3, 0.4) is 0 Å². The number of carbonyl (C=O) groups excluding carboxylic acids is 1. The average Bonchev–Trinajstić information content (AvgIpc) is 2.25. The summed E-state index contributed by atoms with van der Waals surface area (Å²) in [7, 11) is 0. The second-order valence-corrected chi connectivity index (χ2v) is 4.60. The van der Waals surface area contributed by atoms with Crippen LogP contribution in [0.15, 0.2) is 6.07 Å². The molecule has 0 saturated carbocycles. The summed E-state index contributed by atoms with van der Waals surface area (Å²) in [6, 6.07) is 0.996. The van der Waals surface area contributed by atoms with E-state index in [1.54, 1.807) is 29.5 Å². The molecule has 0 atom stereocenters. The molecule has 0 unspecified atom stereocenters. The summed E-state index contributed by atoms with van der Waals surface area (Å²) in [4.78, 5) is 15.2. The number of carbonyl (C=O) groups is 1. The van der Waals surface area contributed by atoms with E-state index in [-0.39, 0.29) is 27.3 Å². The Hall–Kier alpha value is -0.770. The summed E-state index contributed by atoms with van der Waals surface area (Å²) in [6.45, 7) is 1.75. The molecule has 0 bridgehead atoms. The van der Waals surface area contributed by atoms with E-state index in [0.717, 1.165) is 6.07 Å². The van der Waals surface area contributed by atoms with Crippen LogP contribution in [0, 0.1) is 3.57 Å². The largest absolute Gasteiger partial charge is 0.574 e. The van der Waals surface area contributed by atoms with Gasteiger partial charge in [-0.25, -0.2) is 9.78 Å². The summed E-state index contributed by atoms with van der Waals surface area (Å²) in [6.07, 6.45) is -4.86. The highest BCUT2D eigenvalue weighted by Crippen LogP contribution is 2.27. The summed E-state index contributed by atoms with van der Waals surface area (Å²) < 4.78 is 45.0. The Morgan fingerprint density at radius 2 is 2.16 bits per heavy atom. The quantitative estimate of drug-likeness (QED) is 0.434. The molecule has 0 radical (unpaired) electrons. The van der Waals surface area contributed by atoms with Gasteiger partial charge in [-0.05, 0) is 29.5 Å². The van der Waals surface area contributed by atoms with Gasteiger partial charge in [0.15, 0.2) is 0 Å². The van der Waals surface area contributed by atoms with Crippen molar-refractivity contribution in [3.63, 3.8) is 0 Å². The highest BCUT2D eigenvalue weighted by Gasteiger charge is 2.32.